The number of hydrogen-bond acceptors (Lipinski definition) is 4. The molecule has 3 N–H and O–H groups in total. The van der Waals surface area contributed by atoms with Crippen LogP contribution in [0.3, 0.4) is 0 Å². The van der Waals surface area contributed by atoms with E-state index in [-0.39, 0.29) is 17.7 Å². The van der Waals surface area contributed by atoms with Crippen LogP contribution in [-0.2, 0) is 16.1 Å². The van der Waals surface area contributed by atoms with E-state index in [4.69, 9.17) is 0 Å². The molecule has 1 aromatic carbocycles. The summed E-state index contributed by atoms with van der Waals surface area (Å²) in [6, 6.07) is 11.0. The highest BCUT2D eigenvalue weighted by molar-refractivity contribution is 7.12. The fourth-order valence-electron chi connectivity index (χ4n) is 2.39. The maximum absolute atomic E-state index is 11.9. The van der Waals surface area contributed by atoms with Gasteiger partial charge in [-0.3, -0.25) is 14.4 Å². The van der Waals surface area contributed by atoms with E-state index >= 15 is 0 Å². The molecule has 2 aromatic rings. The van der Waals surface area contributed by atoms with Crippen molar-refractivity contribution in [2.75, 3.05) is 11.9 Å². The van der Waals surface area contributed by atoms with Gasteiger partial charge in [-0.25, -0.2) is 0 Å². The van der Waals surface area contributed by atoms with Crippen LogP contribution in [0.1, 0.15) is 47.8 Å². The molecule has 1 heterocycles. The second-order valence-corrected chi connectivity index (χ2v) is 7.06. The van der Waals surface area contributed by atoms with Gasteiger partial charge >= 0.3 is 0 Å². The van der Waals surface area contributed by atoms with Crippen molar-refractivity contribution in [3.05, 3.63) is 52.2 Å². The molecule has 2 rings (SSSR count). The lowest BCUT2D eigenvalue weighted by atomic mass is 10.2. The minimum Gasteiger partial charge on any atom is -0.352 e. The Hall–Kier alpha value is -2.67. The Morgan fingerprint density at radius 3 is 2.41 bits per heavy atom. The van der Waals surface area contributed by atoms with Crippen molar-refractivity contribution in [3.8, 4) is 0 Å². The standard InChI is InChI=1S/C20H25N3O3S/c1-2-5-19(25)23-16-10-8-15(9-11-16)14-22-18(24)7-3-12-21-20(26)17-6-4-13-27-17/h4,6,8-11,13H,2-3,5,7,12,14H2,1H3,(H,21,26)(H,22,24)(H,23,25). The number of amides is 3. The summed E-state index contributed by atoms with van der Waals surface area (Å²) in [5.41, 5.74) is 1.72. The Kier molecular flexibility index (Phi) is 8.51. The molecule has 0 spiro atoms. The molecule has 0 saturated carbocycles. The van der Waals surface area contributed by atoms with Crippen molar-refractivity contribution in [3.63, 3.8) is 0 Å². The lowest BCUT2D eigenvalue weighted by molar-refractivity contribution is -0.121. The molecule has 0 bridgehead atoms. The van der Waals surface area contributed by atoms with E-state index in [0.29, 0.717) is 37.2 Å². The summed E-state index contributed by atoms with van der Waals surface area (Å²) in [6.45, 7) is 2.86. The minimum atomic E-state index is -0.100. The lowest BCUT2D eigenvalue weighted by Crippen LogP contribution is -2.26. The van der Waals surface area contributed by atoms with Gasteiger partial charge in [0.25, 0.3) is 5.91 Å². The van der Waals surface area contributed by atoms with Gasteiger partial charge < -0.3 is 16.0 Å². The Bertz CT molecular complexity index is 742. The quantitative estimate of drug-likeness (QED) is 0.547. The Morgan fingerprint density at radius 1 is 0.963 bits per heavy atom. The first kappa shape index (κ1) is 20.6. The number of rotatable bonds is 10. The number of benzene rings is 1. The molecule has 1 aromatic heterocycles. The Labute approximate surface area is 163 Å². The fourth-order valence-corrected chi connectivity index (χ4v) is 3.03. The van der Waals surface area contributed by atoms with E-state index in [1.165, 1.54) is 11.3 Å². The molecular weight excluding hydrogens is 362 g/mol. The minimum absolute atomic E-state index is 0.00437. The Morgan fingerprint density at radius 2 is 1.74 bits per heavy atom. The number of carbonyl (C=O) groups excluding carboxylic acids is 3. The highest BCUT2D eigenvalue weighted by atomic mass is 32.1. The van der Waals surface area contributed by atoms with E-state index < -0.39 is 0 Å². The number of hydrogen-bond donors (Lipinski definition) is 3. The van der Waals surface area contributed by atoms with E-state index in [2.05, 4.69) is 16.0 Å². The summed E-state index contributed by atoms with van der Waals surface area (Å²) in [5, 5.41) is 10.3. The van der Waals surface area contributed by atoms with Crippen molar-refractivity contribution in [1.82, 2.24) is 10.6 Å². The van der Waals surface area contributed by atoms with Crippen LogP contribution in [0.2, 0.25) is 0 Å². The molecule has 27 heavy (non-hydrogen) atoms. The SMILES string of the molecule is CCCC(=O)Nc1ccc(CNC(=O)CCCNC(=O)c2cccs2)cc1. The first-order valence-corrected chi connectivity index (χ1v) is 9.93. The van der Waals surface area contributed by atoms with Crippen molar-refractivity contribution < 1.29 is 14.4 Å². The first-order valence-electron chi connectivity index (χ1n) is 9.05. The summed E-state index contributed by atoms with van der Waals surface area (Å²) < 4.78 is 0. The van der Waals surface area contributed by atoms with Crippen LogP contribution in [0, 0.1) is 0 Å². The third-order valence-corrected chi connectivity index (χ3v) is 4.68. The Balaban J connectivity index is 1.62. The van der Waals surface area contributed by atoms with Gasteiger partial charge in [-0.2, -0.15) is 0 Å². The molecule has 6 nitrogen and oxygen atoms in total. The molecular formula is C20H25N3O3S. The van der Waals surface area contributed by atoms with Gasteiger partial charge in [-0.15, -0.1) is 11.3 Å². The van der Waals surface area contributed by atoms with Crippen molar-refractivity contribution in [2.24, 2.45) is 0 Å². The number of anilines is 1. The van der Waals surface area contributed by atoms with Gasteiger partial charge in [0.2, 0.25) is 11.8 Å². The molecule has 0 aliphatic heterocycles. The molecule has 0 fully saturated rings. The molecule has 0 unspecified atom stereocenters. The van der Waals surface area contributed by atoms with E-state index in [0.717, 1.165) is 17.7 Å². The summed E-state index contributed by atoms with van der Waals surface area (Å²) in [7, 11) is 0. The van der Waals surface area contributed by atoms with Crippen molar-refractivity contribution in [2.45, 2.75) is 39.2 Å². The van der Waals surface area contributed by atoms with Gasteiger partial charge in [0.15, 0.2) is 0 Å². The van der Waals surface area contributed by atoms with Crippen LogP contribution in [-0.4, -0.2) is 24.3 Å². The van der Waals surface area contributed by atoms with Crippen LogP contribution in [0.4, 0.5) is 5.69 Å². The summed E-state index contributed by atoms with van der Waals surface area (Å²) in [5.74, 6) is -0.151. The van der Waals surface area contributed by atoms with E-state index in [9.17, 15) is 14.4 Å². The zero-order chi connectivity index (χ0) is 19.5. The molecule has 3 amide bonds. The molecule has 0 aliphatic rings. The lowest BCUT2D eigenvalue weighted by Gasteiger charge is -2.08. The molecule has 7 heteroatoms. The van der Waals surface area contributed by atoms with Gasteiger partial charge in [-0.1, -0.05) is 25.1 Å². The zero-order valence-electron chi connectivity index (χ0n) is 15.4. The monoisotopic (exact) mass is 387 g/mol. The molecule has 144 valence electrons. The molecule has 0 atom stereocenters. The smallest absolute Gasteiger partial charge is 0.261 e. The van der Waals surface area contributed by atoms with Crippen molar-refractivity contribution in [1.29, 1.82) is 0 Å². The number of thiophene rings is 1. The fraction of sp³-hybridized carbons (Fsp3) is 0.350. The van der Waals surface area contributed by atoms with Crippen LogP contribution in [0.5, 0.6) is 0 Å². The average molecular weight is 388 g/mol. The van der Waals surface area contributed by atoms with Crippen LogP contribution in [0.25, 0.3) is 0 Å². The second kappa shape index (κ2) is 11.1. The van der Waals surface area contributed by atoms with E-state index in [1.807, 2.05) is 42.6 Å². The van der Waals surface area contributed by atoms with Gasteiger partial charge in [0, 0.05) is 31.6 Å². The summed E-state index contributed by atoms with van der Waals surface area (Å²) in [4.78, 5) is 35.9. The first-order chi connectivity index (χ1) is 13.1. The third kappa shape index (κ3) is 7.62. The zero-order valence-corrected chi connectivity index (χ0v) is 16.2. The van der Waals surface area contributed by atoms with Gasteiger partial charge in [0.1, 0.15) is 0 Å². The predicted molar refractivity (Wildman–Crippen MR) is 108 cm³/mol. The number of carbonyl (C=O) groups is 3. The van der Waals surface area contributed by atoms with Crippen LogP contribution < -0.4 is 16.0 Å². The predicted octanol–water partition coefficient (Wildman–Crippen LogP) is 3.31. The van der Waals surface area contributed by atoms with Crippen LogP contribution in [0.15, 0.2) is 41.8 Å². The highest BCUT2D eigenvalue weighted by Crippen LogP contribution is 2.10. The van der Waals surface area contributed by atoms with Gasteiger partial charge in [-0.05, 0) is 42.0 Å². The average Bonchev–Trinajstić information content (AvgIpc) is 3.19. The van der Waals surface area contributed by atoms with E-state index in [1.54, 1.807) is 6.07 Å². The summed E-state index contributed by atoms with van der Waals surface area (Å²) >= 11 is 1.39. The largest absolute Gasteiger partial charge is 0.352 e. The molecule has 0 saturated heterocycles. The van der Waals surface area contributed by atoms with Gasteiger partial charge in [0.05, 0.1) is 4.88 Å². The van der Waals surface area contributed by atoms with Crippen molar-refractivity contribution >= 4 is 34.7 Å². The van der Waals surface area contributed by atoms with Crippen LogP contribution >= 0.6 is 11.3 Å². The highest BCUT2D eigenvalue weighted by Gasteiger charge is 2.06. The topological polar surface area (TPSA) is 87.3 Å². The second-order valence-electron chi connectivity index (χ2n) is 6.11. The number of nitrogens with one attached hydrogen (secondary N) is 3. The third-order valence-electron chi connectivity index (χ3n) is 3.82. The summed E-state index contributed by atoms with van der Waals surface area (Å²) in [6.07, 6.45) is 2.26. The maximum atomic E-state index is 11.9. The normalized spacial score (nSPS) is 10.3. The molecule has 0 radical (unpaired) electrons. The maximum Gasteiger partial charge on any atom is 0.261 e. The molecule has 0 aliphatic carbocycles.